The molecule has 0 aliphatic heterocycles. The summed E-state index contributed by atoms with van der Waals surface area (Å²) in [5, 5.41) is 12.2. The Labute approximate surface area is 164 Å². The number of pyridine rings is 1. The van der Waals surface area contributed by atoms with Gasteiger partial charge in [0.05, 0.1) is 16.0 Å². The van der Waals surface area contributed by atoms with E-state index in [1.807, 2.05) is 25.1 Å². The molecule has 3 aromatic rings. The lowest BCUT2D eigenvalue weighted by Gasteiger charge is -2.12. The summed E-state index contributed by atoms with van der Waals surface area (Å²) in [6.45, 7) is 3.72. The average molecular weight is 408 g/mol. The second-order valence-electron chi connectivity index (χ2n) is 5.53. The van der Waals surface area contributed by atoms with Crippen LogP contribution >= 0.6 is 35.0 Å². The molecule has 0 saturated heterocycles. The first-order chi connectivity index (χ1) is 12.4. The molecule has 9 heteroatoms. The van der Waals surface area contributed by atoms with Crippen LogP contribution in [0.1, 0.15) is 12.5 Å². The topological polar surface area (TPSA) is 72.7 Å². The summed E-state index contributed by atoms with van der Waals surface area (Å²) in [6.07, 6.45) is 3.07. The summed E-state index contributed by atoms with van der Waals surface area (Å²) in [4.78, 5) is 16.4. The van der Waals surface area contributed by atoms with Crippen LogP contribution in [0.5, 0.6) is 0 Å². The second-order valence-corrected chi connectivity index (χ2v) is 7.68. The monoisotopic (exact) mass is 407 g/mol. The zero-order chi connectivity index (χ0) is 18.7. The quantitative estimate of drug-likeness (QED) is 0.634. The molecule has 2 aromatic heterocycles. The fraction of sp³-hybridized carbons (Fsp3) is 0.176. The number of nitrogens with zero attached hydrogens (tertiary/aromatic N) is 4. The number of rotatable bonds is 5. The van der Waals surface area contributed by atoms with E-state index in [4.69, 9.17) is 23.2 Å². The number of hydrogen-bond donors (Lipinski definition) is 1. The standard InChI is InChI=1S/C17H15Cl2N5OS/c1-10-3-5-13(7-14(10)19)24-9-21-23-17(24)26-11(2)16(25)22-15-6-4-12(18)8-20-15/h3-9,11H,1-2H3,(H,20,22,25). The van der Waals surface area contributed by atoms with Gasteiger partial charge in [-0.15, -0.1) is 10.2 Å². The van der Waals surface area contributed by atoms with Crippen molar-refractivity contribution in [1.82, 2.24) is 19.7 Å². The third-order valence-corrected chi connectivity index (χ3v) is 5.27. The fourth-order valence-corrected chi connectivity index (χ4v) is 3.23. The number of carbonyl (C=O) groups excluding carboxylic acids is 1. The molecule has 2 heterocycles. The first-order valence-electron chi connectivity index (χ1n) is 7.69. The van der Waals surface area contributed by atoms with Gasteiger partial charge in [-0.05, 0) is 43.7 Å². The molecule has 134 valence electrons. The number of amides is 1. The van der Waals surface area contributed by atoms with Crippen LogP contribution in [0.4, 0.5) is 5.82 Å². The van der Waals surface area contributed by atoms with E-state index >= 15 is 0 Å². The maximum atomic E-state index is 12.4. The Balaban J connectivity index is 1.72. The van der Waals surface area contributed by atoms with E-state index in [2.05, 4.69) is 20.5 Å². The third kappa shape index (κ3) is 4.35. The molecule has 1 N–H and O–H groups in total. The molecule has 0 spiro atoms. The number of benzene rings is 1. The van der Waals surface area contributed by atoms with Crippen LogP contribution in [0.25, 0.3) is 5.69 Å². The minimum Gasteiger partial charge on any atom is -0.310 e. The number of halogens is 2. The molecule has 0 radical (unpaired) electrons. The van der Waals surface area contributed by atoms with Crippen LogP contribution in [-0.4, -0.2) is 30.9 Å². The minimum absolute atomic E-state index is 0.193. The lowest BCUT2D eigenvalue weighted by Crippen LogP contribution is -2.23. The number of carbonyl (C=O) groups is 1. The predicted octanol–water partition coefficient (Wildman–Crippen LogP) is 4.40. The average Bonchev–Trinajstić information content (AvgIpc) is 3.07. The van der Waals surface area contributed by atoms with Gasteiger partial charge in [-0.25, -0.2) is 4.98 Å². The molecule has 3 rings (SSSR count). The van der Waals surface area contributed by atoms with Gasteiger partial charge in [0.15, 0.2) is 5.16 Å². The maximum Gasteiger partial charge on any atom is 0.238 e. The fourth-order valence-electron chi connectivity index (χ4n) is 2.10. The van der Waals surface area contributed by atoms with Gasteiger partial charge >= 0.3 is 0 Å². The van der Waals surface area contributed by atoms with Crippen molar-refractivity contribution in [3.63, 3.8) is 0 Å². The first kappa shape index (κ1) is 18.7. The van der Waals surface area contributed by atoms with Crippen molar-refractivity contribution in [2.45, 2.75) is 24.3 Å². The largest absolute Gasteiger partial charge is 0.310 e. The third-order valence-electron chi connectivity index (χ3n) is 3.58. The van der Waals surface area contributed by atoms with Crippen molar-refractivity contribution >= 4 is 46.7 Å². The molecule has 6 nitrogen and oxygen atoms in total. The Morgan fingerprint density at radius 1 is 1.27 bits per heavy atom. The molecule has 1 unspecified atom stereocenters. The zero-order valence-electron chi connectivity index (χ0n) is 14.0. The molecular weight excluding hydrogens is 393 g/mol. The molecule has 26 heavy (non-hydrogen) atoms. The molecule has 0 saturated carbocycles. The number of nitrogens with one attached hydrogen (secondary N) is 1. The summed E-state index contributed by atoms with van der Waals surface area (Å²) in [5.41, 5.74) is 1.82. The van der Waals surface area contributed by atoms with Crippen LogP contribution in [-0.2, 0) is 4.79 Å². The Kier molecular flexibility index (Phi) is 5.80. The second kappa shape index (κ2) is 8.07. The van der Waals surface area contributed by atoms with E-state index in [0.29, 0.717) is 21.0 Å². The molecule has 1 aromatic carbocycles. The van der Waals surface area contributed by atoms with Crippen LogP contribution in [0, 0.1) is 6.92 Å². The van der Waals surface area contributed by atoms with Crippen molar-refractivity contribution in [2.24, 2.45) is 0 Å². The molecule has 0 bridgehead atoms. The maximum absolute atomic E-state index is 12.4. The highest BCUT2D eigenvalue weighted by Gasteiger charge is 2.19. The number of thioether (sulfide) groups is 1. The van der Waals surface area contributed by atoms with Crippen molar-refractivity contribution in [3.05, 3.63) is 58.5 Å². The van der Waals surface area contributed by atoms with Crippen molar-refractivity contribution in [1.29, 1.82) is 0 Å². The van der Waals surface area contributed by atoms with E-state index < -0.39 is 5.25 Å². The lowest BCUT2D eigenvalue weighted by molar-refractivity contribution is -0.115. The van der Waals surface area contributed by atoms with Gasteiger partial charge in [0.25, 0.3) is 0 Å². The van der Waals surface area contributed by atoms with E-state index in [1.54, 1.807) is 30.0 Å². The van der Waals surface area contributed by atoms with Crippen molar-refractivity contribution in [3.8, 4) is 5.69 Å². The van der Waals surface area contributed by atoms with Gasteiger partial charge in [-0.1, -0.05) is 41.0 Å². The molecule has 1 amide bonds. The summed E-state index contributed by atoms with van der Waals surface area (Å²) < 4.78 is 1.79. The van der Waals surface area contributed by atoms with Gasteiger partial charge in [-0.3, -0.25) is 9.36 Å². The van der Waals surface area contributed by atoms with E-state index in [9.17, 15) is 4.79 Å². The molecule has 0 aliphatic carbocycles. The number of hydrogen-bond acceptors (Lipinski definition) is 5. The van der Waals surface area contributed by atoms with Crippen molar-refractivity contribution < 1.29 is 4.79 Å². The summed E-state index contributed by atoms with van der Waals surface area (Å²) in [7, 11) is 0. The SMILES string of the molecule is Cc1ccc(-n2cnnc2SC(C)C(=O)Nc2ccc(Cl)cn2)cc1Cl. The Morgan fingerprint density at radius 2 is 2.08 bits per heavy atom. The van der Waals surface area contributed by atoms with Gasteiger partial charge in [0.2, 0.25) is 5.91 Å². The van der Waals surface area contributed by atoms with Gasteiger partial charge in [-0.2, -0.15) is 0 Å². The first-order valence-corrected chi connectivity index (χ1v) is 9.33. The van der Waals surface area contributed by atoms with Crippen molar-refractivity contribution in [2.75, 3.05) is 5.32 Å². The van der Waals surface area contributed by atoms with Crippen LogP contribution in [0.2, 0.25) is 10.0 Å². The van der Waals surface area contributed by atoms with E-state index in [0.717, 1.165) is 11.3 Å². The minimum atomic E-state index is -0.406. The number of aryl methyl sites for hydroxylation is 1. The zero-order valence-corrected chi connectivity index (χ0v) is 16.3. The van der Waals surface area contributed by atoms with E-state index in [-0.39, 0.29) is 5.91 Å². The summed E-state index contributed by atoms with van der Waals surface area (Å²) in [6, 6.07) is 9.01. The molecular formula is C17H15Cl2N5OS. The van der Waals surface area contributed by atoms with Crippen LogP contribution in [0.3, 0.4) is 0 Å². The summed E-state index contributed by atoms with van der Waals surface area (Å²) >= 11 is 13.3. The predicted molar refractivity (Wildman–Crippen MR) is 104 cm³/mol. The highest BCUT2D eigenvalue weighted by molar-refractivity contribution is 8.00. The summed E-state index contributed by atoms with van der Waals surface area (Å²) in [5.74, 6) is 0.250. The molecule has 0 aliphatic rings. The van der Waals surface area contributed by atoms with E-state index in [1.165, 1.54) is 18.0 Å². The highest BCUT2D eigenvalue weighted by atomic mass is 35.5. The normalized spacial score (nSPS) is 12.0. The molecule has 0 fully saturated rings. The Hall–Kier alpha value is -2.09. The van der Waals surface area contributed by atoms with Gasteiger partial charge < -0.3 is 5.32 Å². The van der Waals surface area contributed by atoms with Gasteiger partial charge in [0, 0.05) is 11.2 Å². The van der Waals surface area contributed by atoms with Crippen LogP contribution < -0.4 is 5.32 Å². The van der Waals surface area contributed by atoms with Gasteiger partial charge in [0.1, 0.15) is 12.1 Å². The number of anilines is 1. The molecule has 1 atom stereocenters. The Morgan fingerprint density at radius 3 is 2.77 bits per heavy atom. The highest BCUT2D eigenvalue weighted by Crippen LogP contribution is 2.26. The number of aromatic nitrogens is 4. The lowest BCUT2D eigenvalue weighted by atomic mass is 10.2. The van der Waals surface area contributed by atoms with Crippen LogP contribution in [0.15, 0.2) is 48.0 Å². The smallest absolute Gasteiger partial charge is 0.238 e. The Bertz CT molecular complexity index is 929.